The van der Waals surface area contributed by atoms with Crippen LogP contribution in [0.25, 0.3) is 0 Å². The molecule has 0 saturated heterocycles. The zero-order chi connectivity index (χ0) is 18.9. The van der Waals surface area contributed by atoms with Crippen LogP contribution < -0.4 is 15.1 Å². The number of aryl methyl sites for hydroxylation is 1. The molecule has 2 aromatic rings. The Labute approximate surface area is 159 Å². The Morgan fingerprint density at radius 1 is 1.35 bits per heavy atom. The number of amides is 1. The first-order valence-electron chi connectivity index (χ1n) is 8.80. The van der Waals surface area contributed by atoms with E-state index in [0.29, 0.717) is 24.2 Å². The third-order valence-corrected chi connectivity index (χ3v) is 4.55. The van der Waals surface area contributed by atoms with E-state index in [4.69, 9.17) is 4.42 Å². The van der Waals surface area contributed by atoms with Crippen LogP contribution in [0.1, 0.15) is 18.4 Å². The highest BCUT2D eigenvalue weighted by Gasteiger charge is 2.12. The molecule has 7 nitrogen and oxygen atoms in total. The van der Waals surface area contributed by atoms with E-state index in [0.717, 1.165) is 13.1 Å². The van der Waals surface area contributed by atoms with Gasteiger partial charge in [0.05, 0.1) is 19.8 Å². The number of quaternary nitrogens is 1. The first-order valence-corrected chi connectivity index (χ1v) is 9.79. The molecule has 1 aromatic heterocycles. The molecule has 0 atom stereocenters. The minimum absolute atomic E-state index is 0.0340. The van der Waals surface area contributed by atoms with Gasteiger partial charge in [0.15, 0.2) is 6.54 Å². The Morgan fingerprint density at radius 3 is 2.85 bits per heavy atom. The van der Waals surface area contributed by atoms with Crippen molar-refractivity contribution in [3.05, 3.63) is 35.7 Å². The zero-order valence-corrected chi connectivity index (χ0v) is 16.7. The second-order valence-electron chi connectivity index (χ2n) is 6.40. The van der Waals surface area contributed by atoms with Gasteiger partial charge in [-0.3, -0.25) is 4.79 Å². The molecule has 0 spiro atoms. The summed E-state index contributed by atoms with van der Waals surface area (Å²) in [6.45, 7) is 7.13. The molecule has 0 bridgehead atoms. The maximum atomic E-state index is 12.0. The molecule has 2 N–H and O–H groups in total. The molecule has 0 radical (unpaired) electrons. The molecule has 142 valence electrons. The van der Waals surface area contributed by atoms with Crippen molar-refractivity contribution in [1.29, 1.82) is 0 Å². The first kappa shape index (κ1) is 20.3. The average Bonchev–Trinajstić information content (AvgIpc) is 3.03. The minimum atomic E-state index is -0.0340. The quantitative estimate of drug-likeness (QED) is 0.595. The van der Waals surface area contributed by atoms with Crippen LogP contribution in [0.2, 0.25) is 0 Å². The van der Waals surface area contributed by atoms with Crippen molar-refractivity contribution in [3.63, 3.8) is 0 Å². The number of carbonyl (C=O) groups is 1. The summed E-state index contributed by atoms with van der Waals surface area (Å²) in [5, 5.41) is 11.3. The Morgan fingerprint density at radius 2 is 2.15 bits per heavy atom. The van der Waals surface area contributed by atoms with Crippen LogP contribution in [0.4, 0.5) is 5.69 Å². The molecule has 0 aliphatic carbocycles. The Bertz CT molecular complexity index is 704. The van der Waals surface area contributed by atoms with E-state index in [1.165, 1.54) is 27.9 Å². The SMILES string of the molecule is CCN(CCNC(=O)CSc1nnc(C[NH+](C)C)o1)c1cccc(C)c1. The largest absolute Gasteiger partial charge is 0.410 e. The number of anilines is 1. The van der Waals surface area contributed by atoms with Gasteiger partial charge < -0.3 is 19.5 Å². The van der Waals surface area contributed by atoms with E-state index in [1.807, 2.05) is 14.1 Å². The third-order valence-electron chi connectivity index (χ3n) is 3.73. The van der Waals surface area contributed by atoms with Gasteiger partial charge in [-0.15, -0.1) is 10.2 Å². The fourth-order valence-corrected chi connectivity index (χ4v) is 3.08. The van der Waals surface area contributed by atoms with Crippen molar-refractivity contribution < 1.29 is 14.1 Å². The standard InChI is InChI=1S/C18H27N5O2S/c1-5-23(15-8-6-7-14(2)11-15)10-9-19-16(24)13-26-18-21-20-17(25-18)12-22(3)4/h6-8,11H,5,9-10,12-13H2,1-4H3,(H,19,24)/p+1. The van der Waals surface area contributed by atoms with E-state index in [9.17, 15) is 4.79 Å². The van der Waals surface area contributed by atoms with Crippen molar-refractivity contribution in [3.8, 4) is 0 Å². The summed E-state index contributed by atoms with van der Waals surface area (Å²) < 4.78 is 5.51. The average molecular weight is 379 g/mol. The predicted octanol–water partition coefficient (Wildman–Crippen LogP) is 0.757. The Kier molecular flexibility index (Phi) is 7.93. The van der Waals surface area contributed by atoms with Crippen LogP contribution in [0, 0.1) is 6.92 Å². The molecule has 0 unspecified atom stereocenters. The van der Waals surface area contributed by atoms with E-state index in [2.05, 4.69) is 58.5 Å². The molecule has 1 amide bonds. The molecule has 0 fully saturated rings. The van der Waals surface area contributed by atoms with Gasteiger partial charge in [0.1, 0.15) is 0 Å². The third kappa shape index (κ3) is 6.68. The lowest BCUT2D eigenvalue weighted by atomic mass is 10.2. The number of rotatable bonds is 10. The van der Waals surface area contributed by atoms with Crippen molar-refractivity contribution in [1.82, 2.24) is 15.5 Å². The lowest BCUT2D eigenvalue weighted by Gasteiger charge is -2.23. The van der Waals surface area contributed by atoms with Gasteiger partial charge in [0.2, 0.25) is 5.91 Å². The lowest BCUT2D eigenvalue weighted by molar-refractivity contribution is -0.874. The number of hydrogen-bond acceptors (Lipinski definition) is 6. The Hall–Kier alpha value is -2.06. The van der Waals surface area contributed by atoms with E-state index >= 15 is 0 Å². The Balaban J connectivity index is 1.72. The van der Waals surface area contributed by atoms with Gasteiger partial charge in [0, 0.05) is 25.3 Å². The fourth-order valence-electron chi connectivity index (χ4n) is 2.47. The summed E-state index contributed by atoms with van der Waals surface area (Å²) in [4.78, 5) is 15.5. The molecular weight excluding hydrogens is 350 g/mol. The lowest BCUT2D eigenvalue weighted by Crippen LogP contribution is -3.04. The van der Waals surface area contributed by atoms with Gasteiger partial charge in [0.25, 0.3) is 11.1 Å². The molecule has 0 aliphatic heterocycles. The smallest absolute Gasteiger partial charge is 0.277 e. The maximum Gasteiger partial charge on any atom is 0.277 e. The minimum Gasteiger partial charge on any atom is -0.410 e. The predicted molar refractivity (Wildman–Crippen MR) is 104 cm³/mol. The summed E-state index contributed by atoms with van der Waals surface area (Å²) in [7, 11) is 4.03. The molecule has 2 rings (SSSR count). The number of benzene rings is 1. The molecular formula is C18H28N5O2S+. The summed E-state index contributed by atoms with van der Waals surface area (Å²) in [6.07, 6.45) is 0. The van der Waals surface area contributed by atoms with Gasteiger partial charge in [-0.1, -0.05) is 23.9 Å². The van der Waals surface area contributed by atoms with Crippen LogP contribution in [-0.4, -0.2) is 55.6 Å². The first-order chi connectivity index (χ1) is 12.5. The highest BCUT2D eigenvalue weighted by atomic mass is 32.2. The van der Waals surface area contributed by atoms with Gasteiger partial charge in [-0.2, -0.15) is 0 Å². The second kappa shape index (κ2) is 10.2. The van der Waals surface area contributed by atoms with Gasteiger partial charge in [-0.25, -0.2) is 0 Å². The van der Waals surface area contributed by atoms with Gasteiger partial charge in [-0.05, 0) is 31.5 Å². The molecule has 1 aromatic carbocycles. The molecule has 8 heteroatoms. The van der Waals surface area contributed by atoms with Crippen LogP contribution in [0.3, 0.4) is 0 Å². The second-order valence-corrected chi connectivity index (χ2v) is 7.33. The fraction of sp³-hybridized carbons (Fsp3) is 0.500. The van der Waals surface area contributed by atoms with Crippen LogP contribution >= 0.6 is 11.8 Å². The summed E-state index contributed by atoms with van der Waals surface area (Å²) in [5.74, 6) is 0.824. The molecule has 1 heterocycles. The highest BCUT2D eigenvalue weighted by Crippen LogP contribution is 2.16. The molecule has 26 heavy (non-hydrogen) atoms. The van der Waals surface area contributed by atoms with Crippen LogP contribution in [-0.2, 0) is 11.3 Å². The van der Waals surface area contributed by atoms with Crippen molar-refractivity contribution in [2.24, 2.45) is 0 Å². The number of likely N-dealkylation sites (N-methyl/N-ethyl adjacent to an activating group) is 1. The number of thioether (sulfide) groups is 1. The van der Waals surface area contributed by atoms with Crippen molar-refractivity contribution >= 4 is 23.4 Å². The van der Waals surface area contributed by atoms with Crippen molar-refractivity contribution in [2.75, 3.05) is 44.4 Å². The normalized spacial score (nSPS) is 11.0. The van der Waals surface area contributed by atoms with E-state index in [-0.39, 0.29) is 11.7 Å². The van der Waals surface area contributed by atoms with Crippen molar-refractivity contribution in [2.45, 2.75) is 25.6 Å². The number of nitrogens with zero attached hydrogens (tertiary/aromatic N) is 3. The van der Waals surface area contributed by atoms with E-state index < -0.39 is 0 Å². The number of carbonyl (C=O) groups excluding carboxylic acids is 1. The van der Waals surface area contributed by atoms with Crippen LogP contribution in [0.5, 0.6) is 0 Å². The maximum absolute atomic E-state index is 12.0. The topological polar surface area (TPSA) is 75.7 Å². The number of hydrogen-bond donors (Lipinski definition) is 2. The number of aromatic nitrogens is 2. The van der Waals surface area contributed by atoms with Gasteiger partial charge >= 0.3 is 0 Å². The summed E-state index contributed by atoms with van der Waals surface area (Å²) in [6, 6.07) is 8.39. The summed E-state index contributed by atoms with van der Waals surface area (Å²) in [5.41, 5.74) is 2.41. The monoisotopic (exact) mass is 378 g/mol. The molecule has 0 saturated carbocycles. The summed E-state index contributed by atoms with van der Waals surface area (Å²) >= 11 is 1.26. The van der Waals surface area contributed by atoms with E-state index in [1.54, 1.807) is 0 Å². The van der Waals surface area contributed by atoms with Crippen LogP contribution in [0.15, 0.2) is 33.9 Å². The highest BCUT2D eigenvalue weighted by molar-refractivity contribution is 7.99. The zero-order valence-electron chi connectivity index (χ0n) is 15.9. The number of nitrogens with one attached hydrogen (secondary N) is 2. The molecule has 0 aliphatic rings.